The topological polar surface area (TPSA) is 151 Å². The van der Waals surface area contributed by atoms with Gasteiger partial charge in [-0.1, -0.05) is 0 Å². The Labute approximate surface area is 202 Å². The highest BCUT2D eigenvalue weighted by atomic mass is 16.5. The average molecular weight is 478 g/mol. The van der Waals surface area contributed by atoms with Crippen molar-refractivity contribution in [3.63, 3.8) is 0 Å². The van der Waals surface area contributed by atoms with E-state index in [1.54, 1.807) is 22.9 Å². The molecule has 0 aliphatic rings. The Morgan fingerprint density at radius 3 is 2.63 bits per heavy atom. The van der Waals surface area contributed by atoms with Crippen molar-refractivity contribution in [1.82, 2.24) is 25.2 Å². The fourth-order valence-electron chi connectivity index (χ4n) is 3.29. The second-order valence-electron chi connectivity index (χ2n) is 8.56. The maximum Gasteiger partial charge on any atom is 0.294 e. The molecule has 182 valence electrons. The highest BCUT2D eigenvalue weighted by Gasteiger charge is 2.28. The van der Waals surface area contributed by atoms with E-state index in [0.717, 1.165) is 5.39 Å². The molecule has 3 N–H and O–H groups in total. The maximum atomic E-state index is 12.8. The molecule has 0 saturated heterocycles. The lowest BCUT2D eigenvalue weighted by molar-refractivity contribution is -0.154. The van der Waals surface area contributed by atoms with E-state index < -0.39 is 11.5 Å². The molecule has 3 rings (SSSR count). The fourth-order valence-corrected chi connectivity index (χ4v) is 3.29. The van der Waals surface area contributed by atoms with Crippen LogP contribution in [0.25, 0.3) is 16.9 Å². The van der Waals surface area contributed by atoms with Crippen LogP contribution >= 0.6 is 0 Å². The Morgan fingerprint density at radius 1 is 1.20 bits per heavy atom. The van der Waals surface area contributed by atoms with Crippen molar-refractivity contribution < 1.29 is 19.1 Å². The minimum Gasteiger partial charge on any atom is -0.452 e. The first-order chi connectivity index (χ1) is 16.7. The van der Waals surface area contributed by atoms with Gasteiger partial charge in [0.2, 0.25) is 0 Å². The smallest absolute Gasteiger partial charge is 0.294 e. The summed E-state index contributed by atoms with van der Waals surface area (Å²) >= 11 is 0. The molecule has 2 amide bonds. The molecule has 0 bridgehead atoms. The summed E-state index contributed by atoms with van der Waals surface area (Å²) in [6.45, 7) is 7.39. The SMILES string of the molecule is CC(C)Nc1cc(-n2ccc3cc(C#N)cnc32)ncc1C(=O)NCCNC(=O)C(C)(C)OC=O. The third-order valence-corrected chi connectivity index (χ3v) is 5.07. The number of pyridine rings is 2. The zero-order valence-corrected chi connectivity index (χ0v) is 20.0. The minimum absolute atomic E-state index is 0.0499. The number of fused-ring (bicyclic) bond motifs is 1. The average Bonchev–Trinajstić information content (AvgIpc) is 3.24. The molecule has 0 radical (unpaired) electrons. The monoisotopic (exact) mass is 477 g/mol. The summed E-state index contributed by atoms with van der Waals surface area (Å²) < 4.78 is 6.53. The lowest BCUT2D eigenvalue weighted by Crippen LogP contribution is -2.46. The number of aromatic nitrogens is 3. The van der Waals surface area contributed by atoms with Crippen LogP contribution in [0.2, 0.25) is 0 Å². The molecule has 0 aliphatic heterocycles. The van der Waals surface area contributed by atoms with Gasteiger partial charge in [0, 0.05) is 49.2 Å². The van der Waals surface area contributed by atoms with E-state index in [1.165, 1.54) is 26.2 Å². The van der Waals surface area contributed by atoms with Crippen molar-refractivity contribution in [2.75, 3.05) is 18.4 Å². The van der Waals surface area contributed by atoms with E-state index >= 15 is 0 Å². The van der Waals surface area contributed by atoms with E-state index in [9.17, 15) is 14.4 Å². The highest BCUT2D eigenvalue weighted by Crippen LogP contribution is 2.23. The van der Waals surface area contributed by atoms with Crippen molar-refractivity contribution in [1.29, 1.82) is 5.26 Å². The van der Waals surface area contributed by atoms with Crippen LogP contribution < -0.4 is 16.0 Å². The molecule has 3 heterocycles. The number of anilines is 1. The number of carbonyl (C=O) groups excluding carboxylic acids is 3. The van der Waals surface area contributed by atoms with Gasteiger partial charge in [-0.15, -0.1) is 0 Å². The first-order valence-corrected chi connectivity index (χ1v) is 11.0. The summed E-state index contributed by atoms with van der Waals surface area (Å²) in [6.07, 6.45) is 4.78. The van der Waals surface area contributed by atoms with Crippen molar-refractivity contribution >= 4 is 35.0 Å². The molecule has 0 spiro atoms. The summed E-state index contributed by atoms with van der Waals surface area (Å²) in [6, 6.07) is 7.48. The molecule has 0 saturated carbocycles. The number of ether oxygens (including phenoxy) is 1. The molecule has 0 aromatic carbocycles. The first-order valence-electron chi connectivity index (χ1n) is 11.0. The quantitative estimate of drug-likeness (QED) is 0.296. The van der Waals surface area contributed by atoms with Crippen LogP contribution in [0.15, 0.2) is 36.8 Å². The largest absolute Gasteiger partial charge is 0.452 e. The van der Waals surface area contributed by atoms with Crippen LogP contribution in [0.5, 0.6) is 0 Å². The molecular formula is C24H27N7O4. The lowest BCUT2D eigenvalue weighted by atomic mass is 10.1. The predicted octanol–water partition coefficient (Wildman–Crippen LogP) is 1.91. The standard InChI is InChI=1S/C24H27N7O4/c1-15(2)30-19-10-20(31-8-5-17-9-16(11-25)12-29-21(17)31)28-13-18(19)22(33)26-6-7-27-23(34)24(3,4)35-14-32/h5,8-10,12-15H,6-7H2,1-4H3,(H,26,33)(H,27,34)(H,28,30). The number of amides is 2. The summed E-state index contributed by atoms with van der Waals surface area (Å²) in [4.78, 5) is 44.2. The van der Waals surface area contributed by atoms with Gasteiger partial charge < -0.3 is 20.7 Å². The van der Waals surface area contributed by atoms with Gasteiger partial charge >= 0.3 is 0 Å². The maximum absolute atomic E-state index is 12.8. The second-order valence-corrected chi connectivity index (χ2v) is 8.56. The highest BCUT2D eigenvalue weighted by molar-refractivity contribution is 5.99. The van der Waals surface area contributed by atoms with E-state index in [-0.39, 0.29) is 31.5 Å². The van der Waals surface area contributed by atoms with Gasteiger partial charge in [-0.25, -0.2) is 9.97 Å². The number of nitrogens with zero attached hydrogens (tertiary/aromatic N) is 4. The molecule has 0 aliphatic carbocycles. The van der Waals surface area contributed by atoms with Crippen LogP contribution in [-0.2, 0) is 14.3 Å². The molecule has 3 aromatic rings. The normalized spacial score (nSPS) is 11.1. The van der Waals surface area contributed by atoms with Crippen LogP contribution in [0.3, 0.4) is 0 Å². The summed E-state index contributed by atoms with van der Waals surface area (Å²) in [7, 11) is 0. The second kappa shape index (κ2) is 10.6. The van der Waals surface area contributed by atoms with Crippen LogP contribution in [-0.4, -0.2) is 57.6 Å². The van der Waals surface area contributed by atoms with Crippen LogP contribution in [0, 0.1) is 11.3 Å². The Balaban J connectivity index is 1.75. The predicted molar refractivity (Wildman–Crippen MR) is 129 cm³/mol. The number of hydrogen-bond acceptors (Lipinski definition) is 8. The van der Waals surface area contributed by atoms with Crippen molar-refractivity contribution in [3.8, 4) is 11.9 Å². The minimum atomic E-state index is -1.30. The number of nitrogens with one attached hydrogen (secondary N) is 3. The molecule has 0 fully saturated rings. The van der Waals surface area contributed by atoms with Crippen molar-refractivity contribution in [3.05, 3.63) is 47.9 Å². The molecule has 3 aromatic heterocycles. The Bertz CT molecular complexity index is 1290. The van der Waals surface area contributed by atoms with Crippen LogP contribution in [0.4, 0.5) is 5.69 Å². The van der Waals surface area contributed by atoms with Gasteiger partial charge in [0.15, 0.2) is 5.60 Å². The first kappa shape index (κ1) is 25.2. The number of rotatable bonds is 10. The van der Waals surface area contributed by atoms with Gasteiger partial charge in [0.05, 0.1) is 16.8 Å². The molecule has 0 unspecified atom stereocenters. The summed E-state index contributed by atoms with van der Waals surface area (Å²) in [5.74, 6) is -0.276. The lowest BCUT2D eigenvalue weighted by Gasteiger charge is -2.21. The zero-order chi connectivity index (χ0) is 25.6. The Morgan fingerprint density at radius 2 is 1.94 bits per heavy atom. The van der Waals surface area contributed by atoms with E-state index in [4.69, 9.17) is 10.00 Å². The third kappa shape index (κ3) is 5.92. The van der Waals surface area contributed by atoms with Gasteiger partial charge in [-0.05, 0) is 39.8 Å². The van der Waals surface area contributed by atoms with Crippen LogP contribution in [0.1, 0.15) is 43.6 Å². The number of hydrogen-bond donors (Lipinski definition) is 3. The molecule has 35 heavy (non-hydrogen) atoms. The zero-order valence-electron chi connectivity index (χ0n) is 20.0. The van der Waals surface area contributed by atoms with E-state index in [0.29, 0.717) is 28.3 Å². The van der Waals surface area contributed by atoms with Gasteiger partial charge in [-0.2, -0.15) is 5.26 Å². The third-order valence-electron chi connectivity index (χ3n) is 5.07. The fraction of sp³-hybridized carbons (Fsp3) is 0.333. The molecule has 0 atom stereocenters. The Kier molecular flexibility index (Phi) is 7.66. The van der Waals surface area contributed by atoms with Crippen molar-refractivity contribution in [2.24, 2.45) is 0 Å². The Hall–Kier alpha value is -4.46. The van der Waals surface area contributed by atoms with Gasteiger partial charge in [-0.3, -0.25) is 19.0 Å². The summed E-state index contributed by atoms with van der Waals surface area (Å²) in [5.41, 5.74) is 0.736. The summed E-state index contributed by atoms with van der Waals surface area (Å²) in [5, 5.41) is 18.5. The molecule has 11 nitrogen and oxygen atoms in total. The molecular weight excluding hydrogens is 450 g/mol. The number of carbonyl (C=O) groups is 3. The van der Waals surface area contributed by atoms with E-state index in [1.807, 2.05) is 19.9 Å². The van der Waals surface area contributed by atoms with E-state index in [2.05, 4.69) is 32.0 Å². The van der Waals surface area contributed by atoms with Gasteiger partial charge in [0.25, 0.3) is 18.3 Å². The number of nitriles is 1. The van der Waals surface area contributed by atoms with Crippen molar-refractivity contribution in [2.45, 2.75) is 39.3 Å². The van der Waals surface area contributed by atoms with Gasteiger partial charge in [0.1, 0.15) is 17.5 Å². The molecule has 11 heteroatoms.